The van der Waals surface area contributed by atoms with Crippen LogP contribution in [0.2, 0.25) is 0 Å². The minimum Gasteiger partial charge on any atom is -0.384 e. The Labute approximate surface area is 137 Å². The lowest BCUT2D eigenvalue weighted by Gasteiger charge is -2.35. The molecular weight excluding hydrogens is 328 g/mol. The minimum absolute atomic E-state index is 0.240. The highest BCUT2D eigenvalue weighted by molar-refractivity contribution is 9.10. The van der Waals surface area contributed by atoms with Gasteiger partial charge in [-0.15, -0.1) is 0 Å². The average molecular weight is 355 g/mol. The topological polar surface area (TPSA) is 38.5 Å². The number of ether oxygens (including phenoxy) is 1. The second kappa shape index (κ2) is 8.16. The molecule has 0 saturated carbocycles. The van der Waals surface area contributed by atoms with Crippen molar-refractivity contribution in [1.82, 2.24) is 0 Å². The van der Waals surface area contributed by atoms with Gasteiger partial charge in [-0.25, -0.2) is 0 Å². The zero-order valence-corrected chi connectivity index (χ0v) is 14.7. The summed E-state index contributed by atoms with van der Waals surface area (Å²) in [5, 5.41) is 0. The van der Waals surface area contributed by atoms with Gasteiger partial charge >= 0.3 is 0 Å². The summed E-state index contributed by atoms with van der Waals surface area (Å²) in [5.74, 6) is 0.635. The molecule has 3 nitrogen and oxygen atoms in total. The largest absolute Gasteiger partial charge is 0.384 e. The molecule has 1 heterocycles. The molecule has 0 radical (unpaired) electrons. The molecular formula is C17H27BrN2O. The monoisotopic (exact) mass is 354 g/mol. The summed E-state index contributed by atoms with van der Waals surface area (Å²) < 4.78 is 6.48. The van der Waals surface area contributed by atoms with E-state index < -0.39 is 0 Å². The van der Waals surface area contributed by atoms with E-state index in [4.69, 9.17) is 10.5 Å². The summed E-state index contributed by atoms with van der Waals surface area (Å²) in [4.78, 5) is 2.51. The molecule has 1 aliphatic heterocycles. The van der Waals surface area contributed by atoms with E-state index in [0.29, 0.717) is 5.92 Å². The van der Waals surface area contributed by atoms with Crippen LogP contribution < -0.4 is 10.6 Å². The van der Waals surface area contributed by atoms with Gasteiger partial charge in [0.2, 0.25) is 0 Å². The second-order valence-electron chi connectivity index (χ2n) is 6.06. The van der Waals surface area contributed by atoms with E-state index in [9.17, 15) is 0 Å². The lowest BCUT2D eigenvalue weighted by molar-refractivity contribution is 0.143. The van der Waals surface area contributed by atoms with Gasteiger partial charge in [0.15, 0.2) is 0 Å². The average Bonchev–Trinajstić information content (AvgIpc) is 2.49. The number of anilines is 1. The highest BCUT2D eigenvalue weighted by Gasteiger charge is 2.22. The normalized spacial score (nSPS) is 20.6. The summed E-state index contributed by atoms with van der Waals surface area (Å²) in [6, 6.07) is 6.82. The van der Waals surface area contributed by atoms with Gasteiger partial charge in [0.25, 0.3) is 0 Å². The summed E-state index contributed by atoms with van der Waals surface area (Å²) >= 11 is 3.61. The van der Waals surface area contributed by atoms with Crippen molar-refractivity contribution in [2.24, 2.45) is 11.7 Å². The maximum absolute atomic E-state index is 6.17. The fourth-order valence-electron chi connectivity index (χ4n) is 3.09. The predicted octanol–water partition coefficient (Wildman–Crippen LogP) is 3.59. The molecule has 1 fully saturated rings. The Morgan fingerprint density at radius 3 is 3.00 bits per heavy atom. The van der Waals surface area contributed by atoms with Crippen molar-refractivity contribution in [3.8, 4) is 0 Å². The number of hydrogen-bond donors (Lipinski definition) is 1. The van der Waals surface area contributed by atoms with Crippen LogP contribution in [0, 0.1) is 5.92 Å². The van der Waals surface area contributed by atoms with Gasteiger partial charge in [-0.05, 0) is 49.3 Å². The molecule has 118 valence electrons. The van der Waals surface area contributed by atoms with Crippen molar-refractivity contribution in [2.45, 2.75) is 38.6 Å². The molecule has 0 bridgehead atoms. The lowest BCUT2D eigenvalue weighted by Crippen LogP contribution is -2.38. The molecule has 1 aromatic rings. The lowest BCUT2D eigenvalue weighted by atomic mass is 9.96. The Balaban J connectivity index is 2.18. The molecule has 4 heteroatoms. The third kappa shape index (κ3) is 4.70. The van der Waals surface area contributed by atoms with Crippen LogP contribution >= 0.6 is 15.9 Å². The summed E-state index contributed by atoms with van der Waals surface area (Å²) in [7, 11) is 1.80. The first kappa shape index (κ1) is 16.8. The number of benzene rings is 1. The maximum Gasteiger partial charge on any atom is 0.0507 e. The second-order valence-corrected chi connectivity index (χ2v) is 6.97. The number of nitrogens with two attached hydrogens (primary N) is 1. The van der Waals surface area contributed by atoms with Crippen molar-refractivity contribution in [1.29, 1.82) is 0 Å². The van der Waals surface area contributed by atoms with Crippen molar-refractivity contribution in [2.75, 3.05) is 31.7 Å². The van der Waals surface area contributed by atoms with Gasteiger partial charge < -0.3 is 15.4 Å². The Morgan fingerprint density at radius 1 is 1.48 bits per heavy atom. The fourth-order valence-corrected chi connectivity index (χ4v) is 3.44. The molecule has 0 aliphatic carbocycles. The van der Waals surface area contributed by atoms with Crippen molar-refractivity contribution < 1.29 is 4.74 Å². The number of nitrogens with zero attached hydrogens (tertiary/aromatic N) is 1. The standard InChI is InChI=1S/C17H27BrN2O/c1-3-16(19)9-14-6-7-15(18)10-17(14)20-8-4-5-13(11-20)12-21-2/h6-7,10,13,16H,3-5,8-9,11-12,19H2,1-2H3. The van der Waals surface area contributed by atoms with Crippen LogP contribution in [0.4, 0.5) is 5.69 Å². The first-order chi connectivity index (χ1) is 10.1. The van der Waals surface area contributed by atoms with E-state index in [1.165, 1.54) is 24.1 Å². The quantitative estimate of drug-likeness (QED) is 0.848. The smallest absolute Gasteiger partial charge is 0.0507 e. The predicted molar refractivity (Wildman–Crippen MR) is 92.9 cm³/mol. The summed E-state index contributed by atoms with van der Waals surface area (Å²) in [6.45, 7) is 5.22. The summed E-state index contributed by atoms with van der Waals surface area (Å²) in [6.07, 6.45) is 4.47. The molecule has 2 rings (SSSR count). The zero-order chi connectivity index (χ0) is 15.2. The Kier molecular flexibility index (Phi) is 6.52. The molecule has 0 amide bonds. The van der Waals surface area contributed by atoms with Crippen molar-refractivity contribution >= 4 is 21.6 Å². The van der Waals surface area contributed by atoms with Crippen LogP contribution in [0.15, 0.2) is 22.7 Å². The Bertz CT molecular complexity index is 450. The van der Waals surface area contributed by atoms with E-state index in [1.807, 2.05) is 0 Å². The molecule has 1 saturated heterocycles. The third-order valence-electron chi connectivity index (χ3n) is 4.32. The number of hydrogen-bond acceptors (Lipinski definition) is 3. The van der Waals surface area contributed by atoms with Crippen molar-refractivity contribution in [3.05, 3.63) is 28.2 Å². The van der Waals surface area contributed by atoms with Gasteiger partial charge in [0.1, 0.15) is 0 Å². The molecule has 21 heavy (non-hydrogen) atoms. The van der Waals surface area contributed by atoms with E-state index in [2.05, 4.69) is 46.0 Å². The SMILES string of the molecule is CCC(N)Cc1ccc(Br)cc1N1CCCC(COC)C1. The molecule has 0 spiro atoms. The first-order valence-corrected chi connectivity index (χ1v) is 8.71. The first-order valence-electron chi connectivity index (χ1n) is 7.92. The number of rotatable bonds is 6. The summed E-state index contributed by atoms with van der Waals surface area (Å²) in [5.41, 5.74) is 8.87. The van der Waals surface area contributed by atoms with Crippen LogP contribution in [0.1, 0.15) is 31.7 Å². The Hall–Kier alpha value is -0.580. The van der Waals surface area contributed by atoms with Crippen LogP contribution in [-0.4, -0.2) is 32.8 Å². The molecule has 0 aromatic heterocycles. The zero-order valence-electron chi connectivity index (χ0n) is 13.1. The van der Waals surface area contributed by atoms with Crippen molar-refractivity contribution in [3.63, 3.8) is 0 Å². The number of piperidine rings is 1. The maximum atomic E-state index is 6.17. The van der Waals surface area contributed by atoms with Gasteiger partial charge in [-0.3, -0.25) is 0 Å². The van der Waals surface area contributed by atoms with E-state index in [-0.39, 0.29) is 6.04 Å². The van der Waals surface area contributed by atoms with Crippen LogP contribution in [0.3, 0.4) is 0 Å². The van der Waals surface area contributed by atoms with Crippen LogP contribution in [0.25, 0.3) is 0 Å². The minimum atomic E-state index is 0.240. The molecule has 2 atom stereocenters. The molecule has 2 unspecified atom stereocenters. The van der Waals surface area contributed by atoms with E-state index >= 15 is 0 Å². The fraction of sp³-hybridized carbons (Fsp3) is 0.647. The van der Waals surface area contributed by atoms with Gasteiger partial charge in [0.05, 0.1) is 6.61 Å². The van der Waals surface area contributed by atoms with E-state index in [0.717, 1.165) is 37.0 Å². The highest BCUT2D eigenvalue weighted by atomic mass is 79.9. The van der Waals surface area contributed by atoms with Crippen LogP contribution in [0.5, 0.6) is 0 Å². The highest BCUT2D eigenvalue weighted by Crippen LogP contribution is 2.30. The van der Waals surface area contributed by atoms with Gasteiger partial charge in [-0.1, -0.05) is 28.9 Å². The number of halogens is 1. The van der Waals surface area contributed by atoms with Gasteiger partial charge in [-0.2, -0.15) is 0 Å². The van der Waals surface area contributed by atoms with E-state index in [1.54, 1.807) is 7.11 Å². The molecule has 1 aliphatic rings. The third-order valence-corrected chi connectivity index (χ3v) is 4.81. The Morgan fingerprint density at radius 2 is 2.29 bits per heavy atom. The van der Waals surface area contributed by atoms with Gasteiger partial charge in [0, 0.05) is 36.4 Å². The van der Waals surface area contributed by atoms with Crippen LogP contribution in [-0.2, 0) is 11.2 Å². The number of methoxy groups -OCH3 is 1. The molecule has 1 aromatic carbocycles. The molecule has 2 N–H and O–H groups in total.